The first kappa shape index (κ1) is 16.1. The molecule has 2 aromatic heterocycles. The maximum absolute atomic E-state index is 12.6. The van der Waals surface area contributed by atoms with Crippen LogP contribution in [0.5, 0.6) is 5.88 Å². The zero-order valence-corrected chi connectivity index (χ0v) is 13.4. The maximum atomic E-state index is 12.6. The lowest BCUT2D eigenvalue weighted by Crippen LogP contribution is -2.27. The van der Waals surface area contributed by atoms with Crippen LogP contribution < -0.4 is 10.3 Å². The SMILES string of the molecule is C#CCn1c(-c2cc(Cl)nc(OC)c2)nc(C)c(CC)c1=O. The van der Waals surface area contributed by atoms with Gasteiger partial charge in [-0.25, -0.2) is 9.97 Å². The van der Waals surface area contributed by atoms with Gasteiger partial charge in [-0.3, -0.25) is 9.36 Å². The van der Waals surface area contributed by atoms with Crippen LogP contribution in [0.2, 0.25) is 5.15 Å². The number of hydrogen-bond donors (Lipinski definition) is 0. The topological polar surface area (TPSA) is 57.0 Å². The van der Waals surface area contributed by atoms with Crippen LogP contribution in [0.15, 0.2) is 16.9 Å². The van der Waals surface area contributed by atoms with E-state index in [2.05, 4.69) is 15.9 Å². The lowest BCUT2D eigenvalue weighted by molar-refractivity contribution is 0.398. The minimum atomic E-state index is -0.130. The molecule has 0 N–H and O–H groups in total. The van der Waals surface area contributed by atoms with Crippen molar-refractivity contribution >= 4 is 11.6 Å². The molecule has 0 aliphatic heterocycles. The summed E-state index contributed by atoms with van der Waals surface area (Å²) in [6.45, 7) is 3.86. The van der Waals surface area contributed by atoms with Crippen molar-refractivity contribution in [3.63, 3.8) is 0 Å². The van der Waals surface area contributed by atoms with Gasteiger partial charge in [0.15, 0.2) is 0 Å². The molecule has 0 aliphatic carbocycles. The number of rotatable bonds is 4. The van der Waals surface area contributed by atoms with Gasteiger partial charge in [0.1, 0.15) is 11.0 Å². The average Bonchev–Trinajstić information content (AvgIpc) is 2.49. The molecule has 0 unspecified atom stereocenters. The Hall–Kier alpha value is -2.32. The molecule has 0 bridgehead atoms. The van der Waals surface area contributed by atoms with E-state index in [4.69, 9.17) is 22.8 Å². The highest BCUT2D eigenvalue weighted by molar-refractivity contribution is 6.29. The summed E-state index contributed by atoms with van der Waals surface area (Å²) in [5, 5.41) is 0.257. The van der Waals surface area contributed by atoms with Crippen LogP contribution in [0.25, 0.3) is 11.4 Å². The van der Waals surface area contributed by atoms with Gasteiger partial charge in [-0.15, -0.1) is 6.42 Å². The van der Waals surface area contributed by atoms with Gasteiger partial charge in [0.2, 0.25) is 5.88 Å². The summed E-state index contributed by atoms with van der Waals surface area (Å²) in [5.74, 6) is 3.30. The Morgan fingerprint density at radius 1 is 1.41 bits per heavy atom. The fraction of sp³-hybridized carbons (Fsp3) is 0.312. The highest BCUT2D eigenvalue weighted by atomic mass is 35.5. The quantitative estimate of drug-likeness (QED) is 0.642. The van der Waals surface area contributed by atoms with Crippen LogP contribution in [0.4, 0.5) is 0 Å². The summed E-state index contributed by atoms with van der Waals surface area (Å²) in [6.07, 6.45) is 5.99. The monoisotopic (exact) mass is 317 g/mol. The third-order valence-electron chi connectivity index (χ3n) is 3.31. The van der Waals surface area contributed by atoms with Crippen molar-refractivity contribution < 1.29 is 4.74 Å². The molecule has 6 heteroatoms. The molecule has 0 atom stereocenters. The largest absolute Gasteiger partial charge is 0.481 e. The molecule has 2 rings (SSSR count). The fourth-order valence-electron chi connectivity index (χ4n) is 2.27. The van der Waals surface area contributed by atoms with Crippen molar-refractivity contribution in [2.45, 2.75) is 26.8 Å². The first-order valence-corrected chi connectivity index (χ1v) is 7.15. The molecule has 2 aromatic rings. The number of hydrogen-bond acceptors (Lipinski definition) is 4. The number of methoxy groups -OCH3 is 1. The minimum Gasteiger partial charge on any atom is -0.481 e. The van der Waals surface area contributed by atoms with E-state index < -0.39 is 0 Å². The highest BCUT2D eigenvalue weighted by Crippen LogP contribution is 2.24. The van der Waals surface area contributed by atoms with E-state index in [0.717, 1.165) is 0 Å². The van der Waals surface area contributed by atoms with Gasteiger partial charge >= 0.3 is 0 Å². The maximum Gasteiger partial charge on any atom is 0.258 e. The smallest absolute Gasteiger partial charge is 0.258 e. The second-order valence-corrected chi connectivity index (χ2v) is 5.06. The van der Waals surface area contributed by atoms with Gasteiger partial charge in [-0.2, -0.15) is 0 Å². The molecule has 0 saturated heterocycles. The van der Waals surface area contributed by atoms with Crippen LogP contribution in [0, 0.1) is 19.3 Å². The Balaban J connectivity index is 2.77. The minimum absolute atomic E-state index is 0.130. The normalized spacial score (nSPS) is 10.3. The molecule has 0 saturated carbocycles. The third-order valence-corrected chi connectivity index (χ3v) is 3.50. The van der Waals surface area contributed by atoms with Gasteiger partial charge < -0.3 is 4.74 Å². The molecule has 0 aromatic carbocycles. The van der Waals surface area contributed by atoms with Crippen LogP contribution in [-0.4, -0.2) is 21.6 Å². The zero-order valence-electron chi connectivity index (χ0n) is 12.7. The second-order valence-electron chi connectivity index (χ2n) is 4.67. The van der Waals surface area contributed by atoms with E-state index in [0.29, 0.717) is 34.9 Å². The molecule has 0 fully saturated rings. The number of ether oxygens (including phenoxy) is 1. The Labute approximate surface area is 133 Å². The number of aryl methyl sites for hydroxylation is 1. The van der Waals surface area contributed by atoms with Gasteiger partial charge in [-0.1, -0.05) is 24.4 Å². The Bertz CT molecular complexity index is 806. The summed E-state index contributed by atoms with van der Waals surface area (Å²) < 4.78 is 6.58. The number of aromatic nitrogens is 3. The molecule has 0 spiro atoms. The molecule has 5 nitrogen and oxygen atoms in total. The zero-order chi connectivity index (χ0) is 16.3. The molecule has 0 radical (unpaired) electrons. The van der Waals surface area contributed by atoms with E-state index in [1.807, 2.05) is 13.8 Å². The Morgan fingerprint density at radius 3 is 2.73 bits per heavy atom. The Kier molecular flexibility index (Phi) is 4.84. The predicted molar refractivity (Wildman–Crippen MR) is 86.2 cm³/mol. The molecule has 0 amide bonds. The number of terminal acetylenes is 1. The van der Waals surface area contributed by atoms with Crippen molar-refractivity contribution in [2.24, 2.45) is 0 Å². The van der Waals surface area contributed by atoms with Crippen LogP contribution >= 0.6 is 11.6 Å². The third kappa shape index (κ3) is 2.97. The van der Waals surface area contributed by atoms with Crippen LogP contribution in [0.1, 0.15) is 18.2 Å². The van der Waals surface area contributed by atoms with E-state index in [9.17, 15) is 4.79 Å². The van der Waals surface area contributed by atoms with E-state index in [-0.39, 0.29) is 17.3 Å². The molecule has 2 heterocycles. The van der Waals surface area contributed by atoms with Crippen molar-refractivity contribution in [3.8, 4) is 29.6 Å². The first-order valence-electron chi connectivity index (χ1n) is 6.77. The summed E-state index contributed by atoms with van der Waals surface area (Å²) in [7, 11) is 1.50. The van der Waals surface area contributed by atoms with Crippen LogP contribution in [0.3, 0.4) is 0 Å². The predicted octanol–water partition coefficient (Wildman–Crippen LogP) is 2.47. The summed E-state index contributed by atoms with van der Waals surface area (Å²) in [5.41, 5.74) is 1.85. The molecule has 22 heavy (non-hydrogen) atoms. The van der Waals surface area contributed by atoms with Crippen molar-refractivity contribution in [1.29, 1.82) is 0 Å². The number of halogens is 1. The lowest BCUT2D eigenvalue weighted by atomic mass is 10.1. The summed E-state index contributed by atoms with van der Waals surface area (Å²) in [6, 6.07) is 3.30. The first-order chi connectivity index (χ1) is 10.5. The average molecular weight is 318 g/mol. The highest BCUT2D eigenvalue weighted by Gasteiger charge is 2.15. The standard InChI is InChI=1S/C16H16ClN3O2/c1-5-7-20-15(18-10(3)12(6-2)16(20)21)11-8-13(17)19-14(9-11)22-4/h1,8-9H,6-7H2,2-4H3. The van der Waals surface area contributed by atoms with E-state index >= 15 is 0 Å². The van der Waals surface area contributed by atoms with Crippen molar-refractivity contribution in [1.82, 2.24) is 14.5 Å². The fourth-order valence-corrected chi connectivity index (χ4v) is 2.47. The van der Waals surface area contributed by atoms with E-state index in [1.54, 1.807) is 12.1 Å². The van der Waals surface area contributed by atoms with Crippen LogP contribution in [-0.2, 0) is 13.0 Å². The Morgan fingerprint density at radius 2 is 2.14 bits per heavy atom. The summed E-state index contributed by atoms with van der Waals surface area (Å²) >= 11 is 6.00. The number of pyridine rings is 1. The van der Waals surface area contributed by atoms with Gasteiger partial charge in [0, 0.05) is 22.9 Å². The van der Waals surface area contributed by atoms with E-state index in [1.165, 1.54) is 11.7 Å². The molecule has 114 valence electrons. The molecular formula is C16H16ClN3O2. The van der Waals surface area contributed by atoms with Crippen molar-refractivity contribution in [3.05, 3.63) is 38.9 Å². The lowest BCUT2D eigenvalue weighted by Gasteiger charge is -2.14. The molecular weight excluding hydrogens is 302 g/mol. The molecule has 0 aliphatic rings. The van der Waals surface area contributed by atoms with Gasteiger partial charge in [-0.05, 0) is 19.4 Å². The van der Waals surface area contributed by atoms with Gasteiger partial charge in [0.05, 0.1) is 13.7 Å². The number of nitrogens with zero attached hydrogens (tertiary/aromatic N) is 3. The van der Waals surface area contributed by atoms with Crippen molar-refractivity contribution in [2.75, 3.05) is 7.11 Å². The van der Waals surface area contributed by atoms with Gasteiger partial charge in [0.25, 0.3) is 5.56 Å². The summed E-state index contributed by atoms with van der Waals surface area (Å²) in [4.78, 5) is 21.1. The second kappa shape index (κ2) is 6.63.